The first kappa shape index (κ1) is 18.7. The third kappa shape index (κ3) is 4.93. The molecule has 1 aromatic heterocycles. The van der Waals surface area contributed by atoms with Crippen molar-refractivity contribution in [3.8, 4) is 0 Å². The number of hydrogen-bond donors (Lipinski definition) is 1. The Hall–Kier alpha value is -1.63. The Labute approximate surface area is 161 Å². The quantitative estimate of drug-likeness (QED) is 0.455. The average molecular weight is 436 g/mol. The monoisotopic (exact) mass is 436 g/mol. The third-order valence-corrected chi connectivity index (χ3v) is 4.15. The molecule has 1 aliphatic rings. The normalized spacial score (nSPS) is 13.9. The molecule has 5 heteroatoms. The number of aliphatic imine (C=N–C) groups is 1. The van der Waals surface area contributed by atoms with Crippen LogP contribution in [0.1, 0.15) is 23.6 Å². The van der Waals surface area contributed by atoms with Gasteiger partial charge in [-0.3, -0.25) is 9.98 Å². The van der Waals surface area contributed by atoms with Gasteiger partial charge in [0.05, 0.1) is 0 Å². The molecule has 24 heavy (non-hydrogen) atoms. The predicted octanol–water partition coefficient (Wildman–Crippen LogP) is 3.27. The van der Waals surface area contributed by atoms with E-state index in [-0.39, 0.29) is 24.0 Å². The van der Waals surface area contributed by atoms with Gasteiger partial charge in [-0.1, -0.05) is 30.3 Å². The van der Waals surface area contributed by atoms with Gasteiger partial charge >= 0.3 is 0 Å². The van der Waals surface area contributed by atoms with Crippen molar-refractivity contribution in [2.45, 2.75) is 26.3 Å². The van der Waals surface area contributed by atoms with Crippen molar-refractivity contribution in [2.24, 2.45) is 4.99 Å². The molecule has 0 spiro atoms. The zero-order chi connectivity index (χ0) is 15.9. The summed E-state index contributed by atoms with van der Waals surface area (Å²) in [4.78, 5) is 11.3. The van der Waals surface area contributed by atoms with Crippen molar-refractivity contribution in [3.63, 3.8) is 0 Å². The van der Waals surface area contributed by atoms with Gasteiger partial charge in [-0.2, -0.15) is 0 Å². The lowest BCUT2D eigenvalue weighted by molar-refractivity contribution is 0.379. The Kier molecular flexibility index (Phi) is 7.49. The molecule has 0 atom stereocenters. The van der Waals surface area contributed by atoms with Crippen molar-refractivity contribution in [3.05, 3.63) is 65.5 Å². The van der Waals surface area contributed by atoms with E-state index in [2.05, 4.69) is 52.5 Å². The molecular formula is C19H25IN4. The van der Waals surface area contributed by atoms with Gasteiger partial charge in [0.1, 0.15) is 0 Å². The summed E-state index contributed by atoms with van der Waals surface area (Å²) in [7, 11) is 0. The molecule has 0 bridgehead atoms. The Morgan fingerprint density at radius 3 is 2.79 bits per heavy atom. The van der Waals surface area contributed by atoms with Crippen molar-refractivity contribution < 1.29 is 0 Å². The molecule has 1 N–H and O–H groups in total. The fourth-order valence-corrected chi connectivity index (χ4v) is 2.94. The second-order valence-corrected chi connectivity index (χ2v) is 5.79. The lowest BCUT2D eigenvalue weighted by atomic mass is 10.0. The van der Waals surface area contributed by atoms with Crippen molar-refractivity contribution in [1.29, 1.82) is 0 Å². The summed E-state index contributed by atoms with van der Waals surface area (Å²) in [5.41, 5.74) is 4.11. The Bertz CT molecular complexity index is 657. The van der Waals surface area contributed by atoms with E-state index in [4.69, 9.17) is 4.99 Å². The lowest BCUT2D eigenvalue weighted by Gasteiger charge is -2.31. The number of nitrogens with zero attached hydrogens (tertiary/aromatic N) is 3. The lowest BCUT2D eigenvalue weighted by Crippen LogP contribution is -2.44. The third-order valence-electron chi connectivity index (χ3n) is 4.15. The SMILES string of the molecule is CCNC(=NCCc1cccnc1)N1CCc2ccccc2C1.I. The van der Waals surface area contributed by atoms with E-state index in [1.807, 2.05) is 18.5 Å². The molecule has 0 amide bonds. The largest absolute Gasteiger partial charge is 0.357 e. The van der Waals surface area contributed by atoms with Gasteiger partial charge in [0.25, 0.3) is 0 Å². The molecule has 3 rings (SSSR count). The van der Waals surface area contributed by atoms with Crippen LogP contribution in [0.3, 0.4) is 0 Å². The maximum atomic E-state index is 4.81. The summed E-state index contributed by atoms with van der Waals surface area (Å²) in [5, 5.41) is 3.43. The molecule has 0 saturated carbocycles. The molecule has 0 unspecified atom stereocenters. The second-order valence-electron chi connectivity index (χ2n) is 5.79. The van der Waals surface area contributed by atoms with Crippen molar-refractivity contribution in [1.82, 2.24) is 15.2 Å². The van der Waals surface area contributed by atoms with Gasteiger partial charge < -0.3 is 10.2 Å². The summed E-state index contributed by atoms with van der Waals surface area (Å²) in [6, 6.07) is 12.8. The molecule has 2 heterocycles. The summed E-state index contributed by atoms with van der Waals surface area (Å²) in [6.45, 7) is 5.76. The van der Waals surface area contributed by atoms with E-state index in [0.717, 1.165) is 45.0 Å². The standard InChI is InChI=1S/C19H24N4.HI/c1-2-21-19(22-12-9-16-6-5-11-20-14-16)23-13-10-17-7-3-4-8-18(17)15-23;/h3-8,11,14H,2,9-10,12-13,15H2,1H3,(H,21,22);1H. The highest BCUT2D eigenvalue weighted by atomic mass is 127. The minimum atomic E-state index is 0. The highest BCUT2D eigenvalue weighted by molar-refractivity contribution is 14.0. The van der Waals surface area contributed by atoms with Gasteiger partial charge in [0, 0.05) is 38.6 Å². The first-order chi connectivity index (χ1) is 11.4. The van der Waals surface area contributed by atoms with Gasteiger partial charge in [0.2, 0.25) is 0 Å². The summed E-state index contributed by atoms with van der Waals surface area (Å²) in [5.74, 6) is 1.02. The van der Waals surface area contributed by atoms with Crippen LogP contribution in [0, 0.1) is 0 Å². The van der Waals surface area contributed by atoms with Crippen molar-refractivity contribution in [2.75, 3.05) is 19.6 Å². The fourth-order valence-electron chi connectivity index (χ4n) is 2.94. The van der Waals surface area contributed by atoms with E-state index >= 15 is 0 Å². The topological polar surface area (TPSA) is 40.5 Å². The van der Waals surface area contributed by atoms with Crippen LogP contribution in [0.5, 0.6) is 0 Å². The second kappa shape index (κ2) is 9.61. The fraction of sp³-hybridized carbons (Fsp3) is 0.368. The number of pyridine rings is 1. The van der Waals surface area contributed by atoms with Gasteiger partial charge in [-0.05, 0) is 42.5 Å². The number of aromatic nitrogens is 1. The zero-order valence-electron chi connectivity index (χ0n) is 14.1. The van der Waals surface area contributed by atoms with Crippen LogP contribution in [0.25, 0.3) is 0 Å². The van der Waals surface area contributed by atoms with Crippen LogP contribution in [0.15, 0.2) is 53.8 Å². The number of halogens is 1. The van der Waals surface area contributed by atoms with E-state index in [1.54, 1.807) is 0 Å². The molecule has 0 saturated heterocycles. The zero-order valence-corrected chi connectivity index (χ0v) is 16.4. The first-order valence-corrected chi connectivity index (χ1v) is 8.35. The van der Waals surface area contributed by atoms with E-state index in [0.29, 0.717) is 0 Å². The number of guanidine groups is 1. The molecule has 1 aromatic carbocycles. The summed E-state index contributed by atoms with van der Waals surface area (Å²) < 4.78 is 0. The molecule has 0 aliphatic carbocycles. The number of benzene rings is 1. The molecule has 1 aliphatic heterocycles. The van der Waals surface area contributed by atoms with Crippen LogP contribution in [-0.4, -0.2) is 35.5 Å². The van der Waals surface area contributed by atoms with Gasteiger partial charge in [0.15, 0.2) is 5.96 Å². The summed E-state index contributed by atoms with van der Waals surface area (Å²) >= 11 is 0. The van der Waals surface area contributed by atoms with Crippen molar-refractivity contribution >= 4 is 29.9 Å². The Morgan fingerprint density at radius 2 is 2.04 bits per heavy atom. The van der Waals surface area contributed by atoms with E-state index < -0.39 is 0 Å². The smallest absolute Gasteiger partial charge is 0.194 e. The maximum absolute atomic E-state index is 4.81. The van der Waals surface area contributed by atoms with Gasteiger partial charge in [-0.15, -0.1) is 24.0 Å². The molecule has 128 valence electrons. The Morgan fingerprint density at radius 1 is 1.21 bits per heavy atom. The minimum Gasteiger partial charge on any atom is -0.357 e. The van der Waals surface area contributed by atoms with Gasteiger partial charge in [-0.25, -0.2) is 0 Å². The van der Waals surface area contributed by atoms with Crippen LogP contribution < -0.4 is 5.32 Å². The van der Waals surface area contributed by atoms with E-state index in [1.165, 1.54) is 16.7 Å². The molecule has 2 aromatic rings. The molecule has 4 nitrogen and oxygen atoms in total. The average Bonchev–Trinajstić information content (AvgIpc) is 2.61. The minimum absolute atomic E-state index is 0. The number of nitrogens with one attached hydrogen (secondary N) is 1. The summed E-state index contributed by atoms with van der Waals surface area (Å²) in [6.07, 6.45) is 5.73. The maximum Gasteiger partial charge on any atom is 0.194 e. The Balaban J connectivity index is 0.00000208. The molecule has 0 fully saturated rings. The number of rotatable bonds is 4. The first-order valence-electron chi connectivity index (χ1n) is 8.35. The van der Waals surface area contributed by atoms with Crippen LogP contribution >= 0.6 is 24.0 Å². The predicted molar refractivity (Wildman–Crippen MR) is 110 cm³/mol. The highest BCUT2D eigenvalue weighted by Crippen LogP contribution is 2.18. The number of hydrogen-bond acceptors (Lipinski definition) is 2. The van der Waals surface area contributed by atoms with Crippen LogP contribution in [-0.2, 0) is 19.4 Å². The highest BCUT2D eigenvalue weighted by Gasteiger charge is 2.18. The molecular weight excluding hydrogens is 411 g/mol. The van der Waals surface area contributed by atoms with E-state index in [9.17, 15) is 0 Å². The molecule has 0 radical (unpaired) electrons. The van der Waals surface area contributed by atoms with Crippen LogP contribution in [0.4, 0.5) is 0 Å². The number of fused-ring (bicyclic) bond motifs is 1. The van der Waals surface area contributed by atoms with Crippen LogP contribution in [0.2, 0.25) is 0 Å².